The Morgan fingerprint density at radius 3 is 2.91 bits per heavy atom. The van der Waals surface area contributed by atoms with E-state index >= 15 is 0 Å². The number of aromatic nitrogens is 3. The molecule has 1 aromatic heterocycles. The van der Waals surface area contributed by atoms with Gasteiger partial charge in [0.25, 0.3) is 6.17 Å². The van der Waals surface area contributed by atoms with Crippen LogP contribution in [0.25, 0.3) is 11.3 Å². The lowest BCUT2D eigenvalue weighted by atomic mass is 10.0. The topological polar surface area (TPSA) is 108 Å². The molecule has 4 rings (SSSR count). The zero-order valence-corrected chi connectivity index (χ0v) is 19.7. The number of aliphatic carboxylic acids is 1. The van der Waals surface area contributed by atoms with Gasteiger partial charge in [0.2, 0.25) is 5.16 Å². The molecule has 1 aliphatic rings. The minimum absolute atomic E-state index is 0.242. The number of fused-ring (bicyclic) bond motifs is 3. The van der Waals surface area contributed by atoms with Gasteiger partial charge in [-0.05, 0) is 41.4 Å². The van der Waals surface area contributed by atoms with Crippen LogP contribution in [0.1, 0.15) is 31.5 Å². The maximum absolute atomic E-state index is 13.2. The highest BCUT2D eigenvalue weighted by Gasteiger charge is 2.39. The molecule has 166 valence electrons. The summed E-state index contributed by atoms with van der Waals surface area (Å²) in [6.07, 6.45) is 1.51. The fourth-order valence-electron chi connectivity index (χ4n) is 3.48. The number of thioether (sulfide) groups is 1. The first-order chi connectivity index (χ1) is 15.5. The third-order valence-corrected chi connectivity index (χ3v) is 6.38. The summed E-state index contributed by atoms with van der Waals surface area (Å²) in [6.45, 7) is 1.65. The van der Waals surface area contributed by atoms with Crippen LogP contribution in [0.5, 0.6) is 5.75 Å². The van der Waals surface area contributed by atoms with E-state index in [0.717, 1.165) is 34.3 Å². The number of anilines is 1. The standard InChI is InChI=1S/C22H21BrN4O4S/c1-2-3-10-32-22-25-21(30)19-15-11-13(23)8-9-16(15)24-20(27(19)26-22)14-6-4-5-7-17(14)31-12-18(28)29/h4-9,11,20H,2-3,10,12H2,1H3,(H2,25,26,28,29,30)/p+1/t20-/m0/s1. The van der Waals surface area contributed by atoms with Gasteiger partial charge in [-0.25, -0.2) is 4.79 Å². The number of aromatic amines is 1. The summed E-state index contributed by atoms with van der Waals surface area (Å²) in [6, 6.07) is 12.8. The number of carbonyl (C=O) groups is 1. The minimum atomic E-state index is -1.07. The van der Waals surface area contributed by atoms with Crippen molar-refractivity contribution in [2.24, 2.45) is 0 Å². The van der Waals surface area contributed by atoms with Gasteiger partial charge in [0.1, 0.15) is 5.75 Å². The highest BCUT2D eigenvalue weighted by molar-refractivity contribution is 9.10. The quantitative estimate of drug-likeness (QED) is 0.237. The van der Waals surface area contributed by atoms with Crippen molar-refractivity contribution in [1.82, 2.24) is 10.1 Å². The highest BCUT2D eigenvalue weighted by atomic mass is 79.9. The average molecular weight is 518 g/mol. The molecule has 0 bridgehead atoms. The number of para-hydroxylation sites is 1. The molecule has 3 N–H and O–H groups in total. The number of rotatable bonds is 8. The Morgan fingerprint density at radius 1 is 1.31 bits per heavy atom. The third-order valence-electron chi connectivity index (χ3n) is 4.94. The second kappa shape index (κ2) is 9.74. The Kier molecular flexibility index (Phi) is 6.80. The molecule has 8 nitrogen and oxygen atoms in total. The van der Waals surface area contributed by atoms with E-state index in [2.05, 4.69) is 33.2 Å². The zero-order valence-electron chi connectivity index (χ0n) is 17.3. The molecule has 2 heterocycles. The summed E-state index contributed by atoms with van der Waals surface area (Å²) >= 11 is 4.98. The van der Waals surface area contributed by atoms with E-state index in [9.17, 15) is 9.59 Å². The number of halogens is 1. The van der Waals surface area contributed by atoms with Crippen LogP contribution >= 0.6 is 27.7 Å². The number of nitrogens with one attached hydrogen (secondary N) is 2. The number of hydrogen-bond donors (Lipinski definition) is 3. The molecule has 1 aliphatic heterocycles. The summed E-state index contributed by atoms with van der Waals surface area (Å²) in [5, 5.41) is 17.8. The Labute approximate surface area is 197 Å². The van der Waals surface area contributed by atoms with Gasteiger partial charge < -0.3 is 15.2 Å². The van der Waals surface area contributed by atoms with Crippen molar-refractivity contribution in [1.29, 1.82) is 0 Å². The van der Waals surface area contributed by atoms with Crippen molar-refractivity contribution in [3.8, 4) is 17.0 Å². The van der Waals surface area contributed by atoms with E-state index in [-0.39, 0.29) is 5.56 Å². The molecule has 2 aromatic carbocycles. The summed E-state index contributed by atoms with van der Waals surface area (Å²) in [4.78, 5) is 27.1. The van der Waals surface area contributed by atoms with E-state index in [1.54, 1.807) is 16.8 Å². The lowest BCUT2D eigenvalue weighted by molar-refractivity contribution is -0.759. The first-order valence-electron chi connectivity index (χ1n) is 10.2. The first kappa shape index (κ1) is 22.3. The summed E-state index contributed by atoms with van der Waals surface area (Å²) in [7, 11) is 0. The second-order valence-corrected chi connectivity index (χ2v) is 9.21. The molecular weight excluding hydrogens is 496 g/mol. The normalized spacial score (nSPS) is 14.2. The maximum atomic E-state index is 13.2. The number of nitrogens with zero attached hydrogens (tertiary/aromatic N) is 2. The number of benzene rings is 2. The van der Waals surface area contributed by atoms with E-state index in [1.165, 1.54) is 11.8 Å². The lowest BCUT2D eigenvalue weighted by Crippen LogP contribution is -2.55. The Morgan fingerprint density at radius 2 is 2.12 bits per heavy atom. The van der Waals surface area contributed by atoms with Crippen LogP contribution in [-0.2, 0) is 4.79 Å². The van der Waals surface area contributed by atoms with Crippen LogP contribution in [0.4, 0.5) is 5.69 Å². The molecule has 3 aromatic rings. The number of unbranched alkanes of at least 4 members (excludes halogenated alkanes) is 1. The Bertz CT molecular complexity index is 1220. The van der Waals surface area contributed by atoms with Gasteiger partial charge in [-0.3, -0.25) is 9.78 Å². The van der Waals surface area contributed by atoms with Gasteiger partial charge >= 0.3 is 17.2 Å². The van der Waals surface area contributed by atoms with Crippen molar-refractivity contribution < 1.29 is 19.3 Å². The van der Waals surface area contributed by atoms with Crippen molar-refractivity contribution in [3.05, 3.63) is 62.9 Å². The fraction of sp³-hybridized carbons (Fsp3) is 0.273. The maximum Gasteiger partial charge on any atom is 0.341 e. The number of ether oxygens (including phenoxy) is 1. The molecule has 0 spiro atoms. The SMILES string of the molecule is CCCCSc1n[n+]2c(c(=O)[nH]1)-c1cc(Br)ccc1N[C@@H]2c1ccccc1OCC(=O)O. The Hall–Kier alpha value is -2.85. The van der Waals surface area contributed by atoms with Gasteiger partial charge in [-0.15, -0.1) is 0 Å². The van der Waals surface area contributed by atoms with Gasteiger partial charge in [0.05, 0.1) is 16.8 Å². The minimum Gasteiger partial charge on any atom is -0.481 e. The molecule has 0 amide bonds. The number of carboxylic acids is 1. The first-order valence-corrected chi connectivity index (χ1v) is 11.9. The van der Waals surface area contributed by atoms with E-state index in [4.69, 9.17) is 14.9 Å². The molecule has 1 atom stereocenters. The van der Waals surface area contributed by atoms with Crippen molar-refractivity contribution >= 4 is 39.3 Å². The van der Waals surface area contributed by atoms with Crippen molar-refractivity contribution in [2.45, 2.75) is 31.1 Å². The highest BCUT2D eigenvalue weighted by Crippen LogP contribution is 2.36. The van der Waals surface area contributed by atoms with Crippen LogP contribution in [0.3, 0.4) is 0 Å². The Balaban J connectivity index is 1.85. The number of hydrogen-bond acceptors (Lipinski definition) is 6. The average Bonchev–Trinajstić information content (AvgIpc) is 2.77. The molecule has 32 heavy (non-hydrogen) atoms. The van der Waals surface area contributed by atoms with Crippen LogP contribution in [0, 0.1) is 0 Å². The molecule has 0 saturated carbocycles. The van der Waals surface area contributed by atoms with Gasteiger partial charge in [0, 0.05) is 15.3 Å². The monoisotopic (exact) mass is 517 g/mol. The lowest BCUT2D eigenvalue weighted by Gasteiger charge is -2.23. The second-order valence-electron chi connectivity index (χ2n) is 7.21. The summed E-state index contributed by atoms with van der Waals surface area (Å²) in [5.41, 5.74) is 2.34. The molecular formula is C22H22BrN4O4S+. The molecule has 0 unspecified atom stereocenters. The van der Waals surface area contributed by atoms with E-state index in [1.807, 2.05) is 30.3 Å². The summed E-state index contributed by atoms with van der Waals surface area (Å²) in [5.74, 6) is 0.189. The zero-order chi connectivity index (χ0) is 22.7. The number of H-pyrrole nitrogens is 1. The molecule has 0 saturated heterocycles. The predicted octanol–water partition coefficient (Wildman–Crippen LogP) is 3.81. The van der Waals surface area contributed by atoms with Crippen LogP contribution in [0.15, 0.2) is 56.9 Å². The smallest absolute Gasteiger partial charge is 0.341 e. The molecule has 0 aliphatic carbocycles. The predicted molar refractivity (Wildman–Crippen MR) is 125 cm³/mol. The molecule has 10 heteroatoms. The van der Waals surface area contributed by atoms with Crippen LogP contribution in [0.2, 0.25) is 0 Å². The van der Waals surface area contributed by atoms with Crippen LogP contribution in [-0.4, -0.2) is 33.5 Å². The van der Waals surface area contributed by atoms with Crippen molar-refractivity contribution in [2.75, 3.05) is 17.7 Å². The van der Waals surface area contributed by atoms with Crippen molar-refractivity contribution in [3.63, 3.8) is 0 Å². The van der Waals surface area contributed by atoms with Crippen LogP contribution < -0.4 is 20.3 Å². The van der Waals surface area contributed by atoms with Gasteiger partial charge in [0.15, 0.2) is 6.61 Å². The fourth-order valence-corrected chi connectivity index (χ4v) is 4.78. The van der Waals surface area contributed by atoms with Gasteiger partial charge in [-0.2, -0.15) is 0 Å². The largest absolute Gasteiger partial charge is 0.481 e. The van der Waals surface area contributed by atoms with Gasteiger partial charge in [-0.1, -0.05) is 53.2 Å². The van der Waals surface area contributed by atoms with E-state index in [0.29, 0.717) is 22.2 Å². The molecule has 0 radical (unpaired) electrons. The van der Waals surface area contributed by atoms with E-state index < -0.39 is 18.7 Å². The number of carboxylic acid groups (broad SMARTS) is 1. The summed E-state index contributed by atoms with van der Waals surface area (Å²) < 4.78 is 8.03. The third kappa shape index (κ3) is 4.66. The molecule has 0 fully saturated rings.